The van der Waals surface area contributed by atoms with Crippen molar-refractivity contribution in [1.82, 2.24) is 4.90 Å². The van der Waals surface area contributed by atoms with Gasteiger partial charge in [0.25, 0.3) is 0 Å². The summed E-state index contributed by atoms with van der Waals surface area (Å²) in [6.07, 6.45) is 0. The molecule has 0 heterocycles. The van der Waals surface area contributed by atoms with Gasteiger partial charge in [-0.2, -0.15) is 0 Å². The third-order valence-electron chi connectivity index (χ3n) is 3.80. The second-order valence-corrected chi connectivity index (χ2v) is 6.03. The van der Waals surface area contributed by atoms with Gasteiger partial charge in [-0.15, -0.1) is 0 Å². The monoisotopic (exact) mass is 369 g/mol. The first-order chi connectivity index (χ1) is 12.9. The van der Waals surface area contributed by atoms with Crippen LogP contribution in [0.15, 0.2) is 48.5 Å². The fourth-order valence-electron chi connectivity index (χ4n) is 2.44. The fourth-order valence-corrected chi connectivity index (χ4v) is 2.44. The Kier molecular flexibility index (Phi) is 6.93. The van der Waals surface area contributed by atoms with Crippen molar-refractivity contribution in [1.29, 1.82) is 0 Å². The quantitative estimate of drug-likeness (QED) is 0.785. The lowest BCUT2D eigenvalue weighted by atomic mass is 10.2. The number of anilines is 2. The largest absolute Gasteiger partial charge is 0.497 e. The second-order valence-electron chi connectivity index (χ2n) is 6.03. The topological polar surface area (TPSA) is 87.7 Å². The molecule has 0 unspecified atom stereocenters. The molecule has 0 aromatic heterocycles. The lowest BCUT2D eigenvalue weighted by Gasteiger charge is -2.21. The average molecular weight is 369 g/mol. The van der Waals surface area contributed by atoms with Crippen molar-refractivity contribution in [3.63, 3.8) is 0 Å². The Morgan fingerprint density at radius 2 is 1.44 bits per heavy atom. The molecule has 27 heavy (non-hydrogen) atoms. The van der Waals surface area contributed by atoms with Crippen LogP contribution in [0.25, 0.3) is 0 Å². The zero-order valence-electron chi connectivity index (χ0n) is 15.6. The van der Waals surface area contributed by atoms with Crippen LogP contribution in [0.2, 0.25) is 0 Å². The van der Waals surface area contributed by atoms with Crippen LogP contribution < -0.4 is 15.4 Å². The smallest absolute Gasteiger partial charge is 0.244 e. The van der Waals surface area contributed by atoms with Gasteiger partial charge in [-0.1, -0.05) is 12.1 Å². The highest BCUT2D eigenvalue weighted by atomic mass is 16.5. The standard InChI is InChI=1S/C20H23N3O4/c1-14(24)21-17-6-8-18(9-7-17)22-20(26)13-23(15(2)25)12-16-4-10-19(27-3)11-5-16/h4-11H,12-13H2,1-3H3,(H,21,24)(H,22,26). The van der Waals surface area contributed by atoms with Crippen molar-refractivity contribution in [3.8, 4) is 5.75 Å². The van der Waals surface area contributed by atoms with Gasteiger partial charge in [0.15, 0.2) is 0 Å². The van der Waals surface area contributed by atoms with E-state index >= 15 is 0 Å². The zero-order valence-corrected chi connectivity index (χ0v) is 15.6. The molecule has 0 bridgehead atoms. The number of carbonyl (C=O) groups is 3. The van der Waals surface area contributed by atoms with E-state index < -0.39 is 0 Å². The van der Waals surface area contributed by atoms with Crippen LogP contribution in [-0.4, -0.2) is 36.3 Å². The number of ether oxygens (including phenoxy) is 1. The summed E-state index contributed by atoms with van der Waals surface area (Å²) < 4.78 is 5.11. The van der Waals surface area contributed by atoms with E-state index in [9.17, 15) is 14.4 Å². The molecule has 0 radical (unpaired) electrons. The van der Waals surface area contributed by atoms with Gasteiger partial charge in [0.05, 0.1) is 7.11 Å². The fraction of sp³-hybridized carbons (Fsp3) is 0.250. The molecule has 0 aliphatic heterocycles. The minimum atomic E-state index is -0.300. The van der Waals surface area contributed by atoms with E-state index in [4.69, 9.17) is 4.74 Å². The molecule has 2 aromatic carbocycles. The second kappa shape index (κ2) is 9.38. The number of methoxy groups -OCH3 is 1. The van der Waals surface area contributed by atoms with Gasteiger partial charge in [-0.05, 0) is 42.0 Å². The van der Waals surface area contributed by atoms with E-state index in [0.29, 0.717) is 17.9 Å². The molecular formula is C20H23N3O4. The number of nitrogens with zero attached hydrogens (tertiary/aromatic N) is 1. The first kappa shape index (κ1) is 20.0. The molecule has 0 saturated carbocycles. The number of hydrogen-bond donors (Lipinski definition) is 2. The first-order valence-electron chi connectivity index (χ1n) is 8.43. The summed E-state index contributed by atoms with van der Waals surface area (Å²) in [4.78, 5) is 36.7. The van der Waals surface area contributed by atoms with E-state index in [-0.39, 0.29) is 24.3 Å². The number of nitrogens with one attached hydrogen (secondary N) is 2. The minimum Gasteiger partial charge on any atom is -0.497 e. The van der Waals surface area contributed by atoms with Crippen LogP contribution in [0.3, 0.4) is 0 Å². The van der Waals surface area contributed by atoms with Gasteiger partial charge >= 0.3 is 0 Å². The molecule has 7 nitrogen and oxygen atoms in total. The van der Waals surface area contributed by atoms with Crippen molar-refractivity contribution >= 4 is 29.1 Å². The third-order valence-corrected chi connectivity index (χ3v) is 3.80. The van der Waals surface area contributed by atoms with Gasteiger partial charge < -0.3 is 20.3 Å². The molecule has 3 amide bonds. The van der Waals surface area contributed by atoms with Gasteiger partial charge in [-0.25, -0.2) is 0 Å². The molecule has 0 spiro atoms. The van der Waals surface area contributed by atoms with E-state index in [1.165, 1.54) is 18.7 Å². The number of amides is 3. The van der Waals surface area contributed by atoms with Gasteiger partial charge in [0.2, 0.25) is 17.7 Å². The van der Waals surface area contributed by atoms with E-state index in [0.717, 1.165) is 11.3 Å². The molecular weight excluding hydrogens is 346 g/mol. The Morgan fingerprint density at radius 3 is 1.93 bits per heavy atom. The zero-order chi connectivity index (χ0) is 19.8. The number of carbonyl (C=O) groups excluding carboxylic acids is 3. The molecule has 0 atom stereocenters. The Labute approximate surface area is 158 Å². The summed E-state index contributed by atoms with van der Waals surface area (Å²) in [5, 5.41) is 5.40. The van der Waals surface area contributed by atoms with Crippen LogP contribution in [0.5, 0.6) is 5.75 Å². The van der Waals surface area contributed by atoms with Crippen LogP contribution in [0.4, 0.5) is 11.4 Å². The molecule has 2 aromatic rings. The van der Waals surface area contributed by atoms with Crippen molar-refractivity contribution in [3.05, 3.63) is 54.1 Å². The maximum Gasteiger partial charge on any atom is 0.244 e. The minimum absolute atomic E-state index is 0.0607. The predicted molar refractivity (Wildman–Crippen MR) is 103 cm³/mol. The highest BCUT2D eigenvalue weighted by Gasteiger charge is 2.14. The van der Waals surface area contributed by atoms with Gasteiger partial charge in [-0.3, -0.25) is 14.4 Å². The van der Waals surface area contributed by atoms with E-state index in [2.05, 4.69) is 10.6 Å². The molecule has 0 saturated heterocycles. The van der Waals surface area contributed by atoms with Crippen molar-refractivity contribution in [2.24, 2.45) is 0 Å². The average Bonchev–Trinajstić information content (AvgIpc) is 2.63. The Balaban J connectivity index is 1.95. The number of hydrogen-bond acceptors (Lipinski definition) is 4. The summed E-state index contributed by atoms with van der Waals surface area (Å²) in [5.41, 5.74) is 2.13. The third kappa shape index (κ3) is 6.47. The normalized spacial score (nSPS) is 10.0. The summed E-state index contributed by atoms with van der Waals surface area (Å²) in [5.74, 6) is 0.0731. The summed E-state index contributed by atoms with van der Waals surface area (Å²) >= 11 is 0. The summed E-state index contributed by atoms with van der Waals surface area (Å²) in [6.45, 7) is 3.12. The lowest BCUT2D eigenvalue weighted by Crippen LogP contribution is -2.36. The van der Waals surface area contributed by atoms with Crippen LogP contribution in [0, 0.1) is 0 Å². The SMILES string of the molecule is COc1ccc(CN(CC(=O)Nc2ccc(NC(C)=O)cc2)C(C)=O)cc1. The molecule has 142 valence electrons. The van der Waals surface area contributed by atoms with Gasteiger partial charge in [0, 0.05) is 31.8 Å². The van der Waals surface area contributed by atoms with E-state index in [1.54, 1.807) is 31.4 Å². The maximum absolute atomic E-state index is 12.3. The summed E-state index contributed by atoms with van der Waals surface area (Å²) in [7, 11) is 1.59. The molecule has 2 rings (SSSR count). The number of rotatable bonds is 7. The highest BCUT2D eigenvalue weighted by molar-refractivity contribution is 5.95. The first-order valence-corrected chi connectivity index (χ1v) is 8.43. The molecule has 2 N–H and O–H groups in total. The molecule has 0 aliphatic rings. The Morgan fingerprint density at radius 1 is 0.889 bits per heavy atom. The molecule has 0 fully saturated rings. The Bertz CT molecular complexity index is 801. The Hall–Kier alpha value is -3.35. The maximum atomic E-state index is 12.3. The predicted octanol–water partition coefficient (Wildman–Crippen LogP) is 2.64. The van der Waals surface area contributed by atoms with Crippen molar-refractivity contribution < 1.29 is 19.1 Å². The summed E-state index contributed by atoms with van der Waals surface area (Å²) in [6, 6.07) is 14.1. The lowest BCUT2D eigenvalue weighted by molar-refractivity contribution is -0.133. The highest BCUT2D eigenvalue weighted by Crippen LogP contribution is 2.15. The number of benzene rings is 2. The van der Waals surface area contributed by atoms with Gasteiger partial charge in [0.1, 0.15) is 12.3 Å². The van der Waals surface area contributed by atoms with Crippen LogP contribution in [0.1, 0.15) is 19.4 Å². The van der Waals surface area contributed by atoms with Crippen LogP contribution >= 0.6 is 0 Å². The molecule has 0 aliphatic carbocycles. The van der Waals surface area contributed by atoms with E-state index in [1.807, 2.05) is 24.3 Å². The van der Waals surface area contributed by atoms with Crippen molar-refractivity contribution in [2.75, 3.05) is 24.3 Å². The van der Waals surface area contributed by atoms with Crippen molar-refractivity contribution in [2.45, 2.75) is 20.4 Å². The molecule has 7 heteroatoms. The van der Waals surface area contributed by atoms with Crippen LogP contribution in [-0.2, 0) is 20.9 Å².